The number of aryl methyl sites for hydroxylation is 1. The Morgan fingerprint density at radius 3 is 1.87 bits per heavy atom. The average molecular weight is 306 g/mol. The molecule has 0 saturated heterocycles. The number of ether oxygens (including phenoxy) is 2. The van der Waals surface area contributed by atoms with Crippen molar-refractivity contribution in [3.05, 3.63) is 71.1 Å². The molecule has 2 aromatic carbocycles. The van der Waals surface area contributed by atoms with Crippen molar-refractivity contribution in [2.24, 2.45) is 0 Å². The highest BCUT2D eigenvalue weighted by Gasteiger charge is 1.99. The lowest BCUT2D eigenvalue weighted by atomic mass is 10.1. The smallest absolute Gasteiger partial charge is 0.230 e. The van der Waals surface area contributed by atoms with Crippen LogP contribution in [0.3, 0.4) is 0 Å². The Morgan fingerprint density at radius 1 is 0.870 bits per heavy atom. The number of nitrogens with zero attached hydrogens (tertiary/aromatic N) is 2. The molecule has 0 fully saturated rings. The van der Waals surface area contributed by atoms with Gasteiger partial charge >= 0.3 is 0 Å². The van der Waals surface area contributed by atoms with Crippen molar-refractivity contribution >= 4 is 0 Å². The summed E-state index contributed by atoms with van der Waals surface area (Å²) in [5, 5.41) is 8.56. The largest absolute Gasteiger partial charge is 0.458 e. The lowest BCUT2D eigenvalue weighted by Gasteiger charge is -2.09. The van der Waals surface area contributed by atoms with Gasteiger partial charge in [0, 0.05) is 12.8 Å². The molecule has 23 heavy (non-hydrogen) atoms. The molecule has 0 amide bonds. The van der Waals surface area contributed by atoms with E-state index in [1.165, 1.54) is 0 Å². The van der Waals surface area contributed by atoms with Gasteiger partial charge in [0.05, 0.1) is 6.07 Å². The molecule has 0 spiro atoms. The lowest BCUT2D eigenvalue weighted by molar-refractivity contribution is 0.120. The van der Waals surface area contributed by atoms with Gasteiger partial charge in [-0.15, -0.1) is 0 Å². The molecule has 4 heteroatoms. The van der Waals surface area contributed by atoms with Crippen molar-refractivity contribution in [1.82, 2.24) is 0 Å². The molecule has 2 aromatic rings. The molecule has 0 atom stereocenters. The second kappa shape index (κ2) is 9.12. The normalized spacial score (nSPS) is 9.65. The first-order valence-corrected chi connectivity index (χ1v) is 7.45. The maximum atomic E-state index is 8.56. The van der Waals surface area contributed by atoms with Crippen molar-refractivity contribution < 1.29 is 9.47 Å². The minimum Gasteiger partial charge on any atom is -0.458 e. The Labute approximate surface area is 136 Å². The average Bonchev–Trinajstić information content (AvgIpc) is 2.60. The summed E-state index contributed by atoms with van der Waals surface area (Å²) in [5.74, 6) is 1.47. The summed E-state index contributed by atoms with van der Waals surface area (Å²) >= 11 is 0. The molecule has 0 saturated carbocycles. The first-order chi connectivity index (χ1) is 11.3. The Morgan fingerprint density at radius 2 is 1.39 bits per heavy atom. The molecule has 4 nitrogen and oxygen atoms in total. The summed E-state index contributed by atoms with van der Waals surface area (Å²) < 4.78 is 11.1. The monoisotopic (exact) mass is 306 g/mol. The van der Waals surface area contributed by atoms with Crippen LogP contribution in [0.4, 0.5) is 0 Å². The summed E-state index contributed by atoms with van der Waals surface area (Å²) in [7, 11) is 0. The SMILES string of the molecule is [C-]#[N+]CCc1ccc(OCOc2ccc(CCC#N)cc2)cc1. The zero-order chi connectivity index (χ0) is 16.3. The molecule has 2 rings (SSSR count). The first kappa shape index (κ1) is 16.4. The van der Waals surface area contributed by atoms with Crippen LogP contribution in [0.5, 0.6) is 11.5 Å². The van der Waals surface area contributed by atoms with Crippen molar-refractivity contribution in [2.75, 3.05) is 13.3 Å². The zero-order valence-corrected chi connectivity index (χ0v) is 12.9. The fourth-order valence-corrected chi connectivity index (χ4v) is 2.06. The van der Waals surface area contributed by atoms with Crippen LogP contribution in [0.15, 0.2) is 48.5 Å². The molecular weight excluding hydrogens is 288 g/mol. The maximum Gasteiger partial charge on any atom is 0.230 e. The Balaban J connectivity index is 1.76. The van der Waals surface area contributed by atoms with E-state index in [9.17, 15) is 0 Å². The molecule has 116 valence electrons. The van der Waals surface area contributed by atoms with Gasteiger partial charge in [-0.05, 0) is 41.8 Å². The van der Waals surface area contributed by atoms with Crippen LogP contribution in [-0.4, -0.2) is 13.3 Å². The van der Waals surface area contributed by atoms with Gasteiger partial charge in [-0.2, -0.15) is 5.26 Å². The van der Waals surface area contributed by atoms with Crippen molar-refractivity contribution in [3.8, 4) is 17.6 Å². The summed E-state index contributed by atoms with van der Waals surface area (Å²) in [4.78, 5) is 3.34. The van der Waals surface area contributed by atoms with Crippen LogP contribution in [0.2, 0.25) is 0 Å². The molecule has 0 aliphatic carbocycles. The molecule has 0 N–H and O–H groups in total. The van der Waals surface area contributed by atoms with E-state index in [1.54, 1.807) is 0 Å². The number of hydrogen-bond acceptors (Lipinski definition) is 3. The van der Waals surface area contributed by atoms with Gasteiger partial charge in [0.2, 0.25) is 13.3 Å². The van der Waals surface area contributed by atoms with E-state index in [2.05, 4.69) is 10.9 Å². The van der Waals surface area contributed by atoms with E-state index < -0.39 is 0 Å². The van der Waals surface area contributed by atoms with Crippen LogP contribution < -0.4 is 9.47 Å². The predicted molar refractivity (Wildman–Crippen MR) is 88.1 cm³/mol. The molecule has 0 aliphatic heterocycles. The van der Waals surface area contributed by atoms with E-state index in [0.29, 0.717) is 13.0 Å². The molecule has 0 radical (unpaired) electrons. The Kier molecular flexibility index (Phi) is 6.50. The fraction of sp³-hybridized carbons (Fsp3) is 0.263. The van der Waals surface area contributed by atoms with Gasteiger partial charge in [-0.25, -0.2) is 6.57 Å². The standard InChI is InChI=1S/C19H18N2O2/c1-21-14-12-17-6-10-19(11-7-17)23-15-22-18-8-4-16(5-9-18)3-2-13-20/h4-11H,2-3,12,14-15H2. The third kappa shape index (κ3) is 5.73. The van der Waals surface area contributed by atoms with Gasteiger partial charge in [0.25, 0.3) is 0 Å². The Bertz CT molecular complexity index is 618. The van der Waals surface area contributed by atoms with E-state index in [4.69, 9.17) is 21.3 Å². The fourth-order valence-electron chi connectivity index (χ4n) is 2.06. The highest BCUT2D eigenvalue weighted by atomic mass is 16.7. The first-order valence-electron chi connectivity index (χ1n) is 7.45. The van der Waals surface area contributed by atoms with Crippen LogP contribution in [0.1, 0.15) is 17.5 Å². The number of nitriles is 1. The van der Waals surface area contributed by atoms with Crippen molar-refractivity contribution in [2.45, 2.75) is 19.3 Å². The second-order valence-electron chi connectivity index (χ2n) is 4.98. The minimum absolute atomic E-state index is 0.138. The Hall–Kier alpha value is -2.98. The molecule has 0 aliphatic rings. The van der Waals surface area contributed by atoms with Gasteiger partial charge in [0.15, 0.2) is 0 Å². The summed E-state index contributed by atoms with van der Waals surface area (Å²) in [6.07, 6.45) is 2.04. The van der Waals surface area contributed by atoms with Crippen LogP contribution in [-0.2, 0) is 12.8 Å². The second-order valence-corrected chi connectivity index (χ2v) is 4.98. The minimum atomic E-state index is 0.138. The van der Waals surface area contributed by atoms with Crippen molar-refractivity contribution in [3.63, 3.8) is 0 Å². The van der Waals surface area contributed by atoms with Crippen LogP contribution in [0, 0.1) is 17.9 Å². The van der Waals surface area contributed by atoms with E-state index in [-0.39, 0.29) is 6.79 Å². The van der Waals surface area contributed by atoms with Gasteiger partial charge in [-0.3, -0.25) is 0 Å². The van der Waals surface area contributed by atoms with E-state index >= 15 is 0 Å². The van der Waals surface area contributed by atoms with Crippen LogP contribution in [0.25, 0.3) is 4.85 Å². The number of benzene rings is 2. The summed E-state index contributed by atoms with van der Waals surface area (Å²) in [5.41, 5.74) is 2.25. The summed E-state index contributed by atoms with van der Waals surface area (Å²) in [6.45, 7) is 7.43. The van der Waals surface area contributed by atoms with E-state index in [0.717, 1.165) is 35.5 Å². The third-order valence-electron chi connectivity index (χ3n) is 3.34. The number of rotatable bonds is 8. The van der Waals surface area contributed by atoms with E-state index in [1.807, 2.05) is 48.5 Å². The highest BCUT2D eigenvalue weighted by molar-refractivity contribution is 5.29. The topological polar surface area (TPSA) is 46.6 Å². The van der Waals surface area contributed by atoms with Crippen molar-refractivity contribution in [1.29, 1.82) is 5.26 Å². The summed E-state index contributed by atoms with van der Waals surface area (Å²) in [6, 6.07) is 17.5. The quantitative estimate of drug-likeness (QED) is 0.546. The lowest BCUT2D eigenvalue weighted by Crippen LogP contribution is -2.05. The molecule has 0 heterocycles. The van der Waals surface area contributed by atoms with Gasteiger partial charge in [0.1, 0.15) is 11.5 Å². The number of hydrogen-bond donors (Lipinski definition) is 0. The maximum absolute atomic E-state index is 8.56. The van der Waals surface area contributed by atoms with Gasteiger partial charge < -0.3 is 14.3 Å². The van der Waals surface area contributed by atoms with Gasteiger partial charge in [-0.1, -0.05) is 24.3 Å². The zero-order valence-electron chi connectivity index (χ0n) is 12.9. The van der Waals surface area contributed by atoms with Crippen LogP contribution >= 0.6 is 0 Å². The molecular formula is C19H18N2O2. The molecule has 0 unspecified atom stereocenters. The predicted octanol–water partition coefficient (Wildman–Crippen LogP) is 4.02. The highest BCUT2D eigenvalue weighted by Crippen LogP contribution is 2.16. The molecule has 0 bridgehead atoms. The molecule has 0 aromatic heterocycles. The third-order valence-corrected chi connectivity index (χ3v) is 3.34.